The van der Waals surface area contributed by atoms with Crippen LogP contribution in [0.1, 0.15) is 12.0 Å². The zero-order valence-corrected chi connectivity index (χ0v) is 16.3. The number of rotatable bonds is 7. The molecule has 0 radical (unpaired) electrons. The first-order valence-corrected chi connectivity index (χ1v) is 9.61. The van der Waals surface area contributed by atoms with E-state index in [1.165, 1.54) is 11.6 Å². The van der Waals surface area contributed by atoms with E-state index in [1.54, 1.807) is 18.2 Å². The molecule has 0 bridgehead atoms. The molecule has 7 nitrogen and oxygen atoms in total. The molecule has 1 heterocycles. The van der Waals surface area contributed by atoms with E-state index in [2.05, 4.69) is 21.2 Å². The number of piperazine rings is 1. The summed E-state index contributed by atoms with van der Waals surface area (Å²) in [6, 6.07) is 14.1. The Balaban J connectivity index is 1.42. The number of hydrogen-bond acceptors (Lipinski definition) is 5. The van der Waals surface area contributed by atoms with E-state index < -0.39 is 4.92 Å². The first-order valence-electron chi connectivity index (χ1n) is 9.24. The molecule has 1 amide bonds. The summed E-state index contributed by atoms with van der Waals surface area (Å²) in [5, 5.41) is 14.4. The average Bonchev–Trinajstić information content (AvgIpc) is 2.68. The fraction of sp³-hybridized carbons (Fsp3) is 0.350. The van der Waals surface area contributed by atoms with Crippen LogP contribution in [0.5, 0.6) is 0 Å². The van der Waals surface area contributed by atoms with Gasteiger partial charge in [0.2, 0.25) is 5.91 Å². The predicted molar refractivity (Wildman–Crippen MR) is 110 cm³/mol. The number of nitro benzene ring substituents is 1. The van der Waals surface area contributed by atoms with Gasteiger partial charge in [-0.2, -0.15) is 0 Å². The van der Waals surface area contributed by atoms with E-state index in [-0.39, 0.29) is 17.3 Å². The molecular weight excluding hydrogens is 380 g/mol. The summed E-state index contributed by atoms with van der Waals surface area (Å²) in [5.41, 5.74) is 1.35. The number of nitrogens with zero attached hydrogens (tertiary/aromatic N) is 3. The van der Waals surface area contributed by atoms with Gasteiger partial charge in [0.05, 0.1) is 4.92 Å². The van der Waals surface area contributed by atoms with Gasteiger partial charge in [-0.1, -0.05) is 35.9 Å². The van der Waals surface area contributed by atoms with Crippen molar-refractivity contribution in [2.45, 2.75) is 13.0 Å². The fourth-order valence-electron chi connectivity index (χ4n) is 3.28. The van der Waals surface area contributed by atoms with Gasteiger partial charge in [0.1, 0.15) is 5.69 Å². The van der Waals surface area contributed by atoms with Crippen molar-refractivity contribution < 1.29 is 9.72 Å². The molecule has 0 aliphatic carbocycles. The Labute approximate surface area is 169 Å². The number of nitrogens with one attached hydrogen (secondary N) is 1. The summed E-state index contributed by atoms with van der Waals surface area (Å²) < 4.78 is 0. The maximum Gasteiger partial charge on any atom is 0.292 e. The summed E-state index contributed by atoms with van der Waals surface area (Å²) in [6.07, 6.45) is 0.306. The molecule has 1 saturated heterocycles. The van der Waals surface area contributed by atoms with Gasteiger partial charge in [0, 0.05) is 56.8 Å². The third-order valence-electron chi connectivity index (χ3n) is 4.79. The van der Waals surface area contributed by atoms with Crippen molar-refractivity contribution in [1.82, 2.24) is 9.80 Å². The number of carbonyl (C=O) groups excluding carboxylic acids is 1. The summed E-state index contributed by atoms with van der Waals surface area (Å²) in [7, 11) is 0. The highest BCUT2D eigenvalue weighted by Crippen LogP contribution is 2.23. The van der Waals surface area contributed by atoms with Crippen molar-refractivity contribution in [3.63, 3.8) is 0 Å². The zero-order chi connectivity index (χ0) is 19.9. The molecule has 1 aliphatic heterocycles. The first kappa shape index (κ1) is 20.3. The number of benzene rings is 2. The van der Waals surface area contributed by atoms with Crippen molar-refractivity contribution in [1.29, 1.82) is 0 Å². The van der Waals surface area contributed by atoms with Gasteiger partial charge in [-0.05, 0) is 23.8 Å². The van der Waals surface area contributed by atoms with Crippen LogP contribution in [0.15, 0.2) is 48.5 Å². The molecule has 8 heteroatoms. The largest absolute Gasteiger partial charge is 0.320 e. The first-order chi connectivity index (χ1) is 13.5. The molecule has 1 aliphatic rings. The second kappa shape index (κ2) is 9.64. The smallest absolute Gasteiger partial charge is 0.292 e. The lowest BCUT2D eigenvalue weighted by Gasteiger charge is -2.34. The van der Waals surface area contributed by atoms with Gasteiger partial charge in [-0.15, -0.1) is 0 Å². The number of carbonyl (C=O) groups is 1. The quantitative estimate of drug-likeness (QED) is 0.567. The van der Waals surface area contributed by atoms with Crippen LogP contribution in [-0.4, -0.2) is 53.4 Å². The molecule has 148 valence electrons. The molecule has 3 rings (SSSR count). The highest BCUT2D eigenvalue weighted by molar-refractivity contribution is 6.30. The number of halogens is 1. The van der Waals surface area contributed by atoms with E-state index in [9.17, 15) is 14.9 Å². The Kier molecular flexibility index (Phi) is 6.97. The van der Waals surface area contributed by atoms with Gasteiger partial charge in [0.15, 0.2) is 0 Å². The van der Waals surface area contributed by atoms with Crippen LogP contribution in [0.25, 0.3) is 0 Å². The van der Waals surface area contributed by atoms with Crippen LogP contribution in [0.4, 0.5) is 11.4 Å². The Hall–Kier alpha value is -2.48. The van der Waals surface area contributed by atoms with Gasteiger partial charge in [0.25, 0.3) is 5.69 Å². The van der Waals surface area contributed by atoms with E-state index in [1.807, 2.05) is 18.2 Å². The fourth-order valence-corrected chi connectivity index (χ4v) is 3.49. The predicted octanol–water partition coefficient (Wildman–Crippen LogP) is 3.39. The van der Waals surface area contributed by atoms with Crippen molar-refractivity contribution in [3.05, 3.63) is 69.2 Å². The van der Waals surface area contributed by atoms with Gasteiger partial charge < -0.3 is 10.2 Å². The molecule has 1 fully saturated rings. The van der Waals surface area contributed by atoms with Gasteiger partial charge in [-0.3, -0.25) is 19.8 Å². The minimum atomic E-state index is -0.491. The summed E-state index contributed by atoms with van der Waals surface area (Å²) in [6.45, 7) is 5.14. The number of hydrogen-bond donors (Lipinski definition) is 1. The summed E-state index contributed by atoms with van der Waals surface area (Å²) >= 11 is 6.04. The van der Waals surface area contributed by atoms with Crippen LogP contribution >= 0.6 is 11.6 Å². The molecule has 0 unspecified atom stereocenters. The highest BCUT2D eigenvalue weighted by atomic mass is 35.5. The van der Waals surface area contributed by atoms with E-state index in [4.69, 9.17) is 11.6 Å². The minimum absolute atomic E-state index is 0.0921. The Morgan fingerprint density at radius 2 is 1.79 bits per heavy atom. The van der Waals surface area contributed by atoms with Gasteiger partial charge >= 0.3 is 0 Å². The monoisotopic (exact) mass is 402 g/mol. The van der Waals surface area contributed by atoms with E-state index in [0.29, 0.717) is 13.0 Å². The molecular formula is C20H23ClN4O3. The van der Waals surface area contributed by atoms with Crippen molar-refractivity contribution in [3.8, 4) is 0 Å². The Morgan fingerprint density at radius 3 is 2.50 bits per heavy atom. The molecule has 0 spiro atoms. The van der Waals surface area contributed by atoms with E-state index in [0.717, 1.165) is 37.7 Å². The number of amides is 1. The third kappa shape index (κ3) is 5.76. The number of anilines is 1. The molecule has 1 N–H and O–H groups in total. The third-order valence-corrected chi connectivity index (χ3v) is 5.03. The lowest BCUT2D eigenvalue weighted by atomic mass is 10.2. The van der Waals surface area contributed by atoms with Crippen molar-refractivity contribution in [2.24, 2.45) is 0 Å². The van der Waals surface area contributed by atoms with Crippen LogP contribution < -0.4 is 5.32 Å². The Bertz CT molecular complexity index is 838. The lowest BCUT2D eigenvalue weighted by Crippen LogP contribution is -2.46. The molecule has 0 saturated carbocycles. The van der Waals surface area contributed by atoms with Crippen LogP contribution in [0.2, 0.25) is 5.02 Å². The van der Waals surface area contributed by atoms with Crippen molar-refractivity contribution >= 4 is 28.9 Å². The zero-order valence-electron chi connectivity index (χ0n) is 15.5. The van der Waals surface area contributed by atoms with Gasteiger partial charge in [-0.25, -0.2) is 0 Å². The van der Waals surface area contributed by atoms with Crippen LogP contribution in [-0.2, 0) is 11.3 Å². The molecule has 2 aromatic carbocycles. The van der Waals surface area contributed by atoms with Crippen LogP contribution in [0.3, 0.4) is 0 Å². The summed E-state index contributed by atoms with van der Waals surface area (Å²) in [5.74, 6) is -0.212. The highest BCUT2D eigenvalue weighted by Gasteiger charge is 2.19. The second-order valence-corrected chi connectivity index (χ2v) is 7.26. The molecule has 2 aromatic rings. The maximum absolute atomic E-state index is 12.2. The number of nitro groups is 1. The topological polar surface area (TPSA) is 78.7 Å². The number of para-hydroxylation sites is 2. The standard InChI is InChI=1S/C20H23ClN4O3/c21-17-5-3-4-16(14-17)15-24-12-10-23(11-13-24)9-8-20(26)22-18-6-1-2-7-19(18)25(27)28/h1-7,14H,8-13,15H2,(H,22,26). The second-order valence-electron chi connectivity index (χ2n) is 6.82. The Morgan fingerprint density at radius 1 is 1.07 bits per heavy atom. The van der Waals surface area contributed by atoms with Crippen molar-refractivity contribution in [2.75, 3.05) is 38.0 Å². The minimum Gasteiger partial charge on any atom is -0.320 e. The molecule has 28 heavy (non-hydrogen) atoms. The summed E-state index contributed by atoms with van der Waals surface area (Å²) in [4.78, 5) is 27.3. The molecule has 0 atom stereocenters. The SMILES string of the molecule is O=C(CCN1CCN(Cc2cccc(Cl)c2)CC1)Nc1ccccc1[N+](=O)[O-]. The molecule has 0 aromatic heterocycles. The average molecular weight is 403 g/mol. The lowest BCUT2D eigenvalue weighted by molar-refractivity contribution is -0.383. The van der Waals surface area contributed by atoms with E-state index >= 15 is 0 Å². The maximum atomic E-state index is 12.2. The normalized spacial score (nSPS) is 15.3. The van der Waals surface area contributed by atoms with Crippen LogP contribution in [0, 0.1) is 10.1 Å².